The van der Waals surface area contributed by atoms with Crippen molar-refractivity contribution in [2.75, 3.05) is 36.0 Å². The minimum Gasteiger partial charge on any atom is -0.368 e. The highest BCUT2D eigenvalue weighted by atomic mass is 15.3. The van der Waals surface area contributed by atoms with Crippen LogP contribution >= 0.6 is 0 Å². The van der Waals surface area contributed by atoms with Gasteiger partial charge in [-0.3, -0.25) is 4.98 Å². The quantitative estimate of drug-likeness (QED) is 0.692. The molecule has 0 radical (unpaired) electrons. The Morgan fingerprint density at radius 2 is 1.54 bits per heavy atom. The van der Waals surface area contributed by atoms with Crippen molar-refractivity contribution in [2.45, 2.75) is 27.7 Å². The zero-order chi connectivity index (χ0) is 19.7. The summed E-state index contributed by atoms with van der Waals surface area (Å²) in [6, 6.07) is 10.5. The summed E-state index contributed by atoms with van der Waals surface area (Å²) >= 11 is 0. The van der Waals surface area contributed by atoms with E-state index in [1.165, 1.54) is 16.8 Å². The van der Waals surface area contributed by atoms with E-state index < -0.39 is 0 Å². The summed E-state index contributed by atoms with van der Waals surface area (Å²) in [7, 11) is 0. The third-order valence-electron chi connectivity index (χ3n) is 5.78. The van der Waals surface area contributed by atoms with Crippen molar-refractivity contribution in [3.05, 3.63) is 65.1 Å². The predicted molar refractivity (Wildman–Crippen MR) is 115 cm³/mol. The van der Waals surface area contributed by atoms with E-state index in [0.717, 1.165) is 54.6 Å². The van der Waals surface area contributed by atoms with Gasteiger partial charge < -0.3 is 9.80 Å². The summed E-state index contributed by atoms with van der Waals surface area (Å²) in [5, 5.41) is 0. The van der Waals surface area contributed by atoms with Gasteiger partial charge in [0.2, 0.25) is 0 Å². The summed E-state index contributed by atoms with van der Waals surface area (Å²) in [4.78, 5) is 18.7. The monoisotopic (exact) mass is 373 g/mol. The second-order valence-electron chi connectivity index (χ2n) is 7.52. The highest BCUT2D eigenvalue weighted by Gasteiger charge is 2.22. The van der Waals surface area contributed by atoms with Crippen LogP contribution in [0, 0.1) is 27.7 Å². The van der Waals surface area contributed by atoms with Crippen molar-refractivity contribution >= 4 is 11.5 Å². The second kappa shape index (κ2) is 7.58. The molecule has 3 heterocycles. The number of anilines is 2. The topological polar surface area (TPSA) is 45.2 Å². The lowest BCUT2D eigenvalue weighted by Gasteiger charge is -2.38. The van der Waals surface area contributed by atoms with Crippen LogP contribution in [0.25, 0.3) is 11.4 Å². The highest BCUT2D eigenvalue weighted by molar-refractivity contribution is 5.61. The van der Waals surface area contributed by atoms with Crippen LogP contribution in [0.15, 0.2) is 42.7 Å². The average Bonchev–Trinajstić information content (AvgIpc) is 2.73. The Hall–Kier alpha value is -2.95. The fraction of sp³-hybridized carbons (Fsp3) is 0.348. The Kier molecular flexibility index (Phi) is 4.99. The molecule has 0 spiro atoms. The van der Waals surface area contributed by atoms with E-state index in [0.29, 0.717) is 0 Å². The van der Waals surface area contributed by atoms with E-state index in [1.54, 1.807) is 6.20 Å². The maximum atomic E-state index is 4.91. The molecule has 1 aliphatic rings. The minimum atomic E-state index is 0.753. The van der Waals surface area contributed by atoms with Crippen molar-refractivity contribution in [2.24, 2.45) is 0 Å². The van der Waals surface area contributed by atoms with Gasteiger partial charge in [-0.2, -0.15) is 0 Å². The molecule has 0 amide bonds. The maximum Gasteiger partial charge on any atom is 0.163 e. The molecule has 5 heteroatoms. The molecule has 0 atom stereocenters. The molecule has 0 unspecified atom stereocenters. The number of hydrogen-bond donors (Lipinski definition) is 0. The van der Waals surface area contributed by atoms with E-state index in [2.05, 4.69) is 60.7 Å². The molecule has 0 saturated carbocycles. The number of nitrogens with zero attached hydrogens (tertiary/aromatic N) is 5. The van der Waals surface area contributed by atoms with Gasteiger partial charge in [-0.25, -0.2) is 9.97 Å². The first-order chi connectivity index (χ1) is 13.5. The summed E-state index contributed by atoms with van der Waals surface area (Å²) < 4.78 is 0. The number of aromatic nitrogens is 3. The van der Waals surface area contributed by atoms with Crippen LogP contribution in [0.2, 0.25) is 0 Å². The van der Waals surface area contributed by atoms with E-state index in [9.17, 15) is 0 Å². The first kappa shape index (κ1) is 18.4. The van der Waals surface area contributed by atoms with Crippen LogP contribution in [0.4, 0.5) is 11.5 Å². The Morgan fingerprint density at radius 3 is 2.25 bits per heavy atom. The van der Waals surface area contributed by atoms with Crippen molar-refractivity contribution in [3.8, 4) is 11.4 Å². The summed E-state index contributed by atoms with van der Waals surface area (Å²) in [5.74, 6) is 1.80. The Balaban J connectivity index is 1.58. The molecule has 2 aromatic heterocycles. The second-order valence-corrected chi connectivity index (χ2v) is 7.52. The Bertz CT molecular complexity index is 976. The number of benzene rings is 1. The van der Waals surface area contributed by atoms with E-state index >= 15 is 0 Å². The van der Waals surface area contributed by atoms with Gasteiger partial charge in [0.05, 0.1) is 0 Å². The lowest BCUT2D eigenvalue weighted by atomic mass is 10.1. The fourth-order valence-corrected chi connectivity index (χ4v) is 3.78. The van der Waals surface area contributed by atoms with Crippen LogP contribution in [0.1, 0.15) is 22.4 Å². The average molecular weight is 374 g/mol. The molecule has 1 aliphatic heterocycles. The zero-order valence-corrected chi connectivity index (χ0v) is 17.1. The largest absolute Gasteiger partial charge is 0.368 e. The molecular formula is C23H27N5. The molecule has 5 nitrogen and oxygen atoms in total. The number of pyridine rings is 1. The molecule has 0 N–H and O–H groups in total. The van der Waals surface area contributed by atoms with Gasteiger partial charge in [0.1, 0.15) is 5.82 Å². The number of hydrogen-bond acceptors (Lipinski definition) is 5. The molecule has 1 saturated heterocycles. The molecule has 1 aromatic carbocycles. The smallest absolute Gasteiger partial charge is 0.163 e. The van der Waals surface area contributed by atoms with Crippen molar-refractivity contribution in [3.63, 3.8) is 0 Å². The van der Waals surface area contributed by atoms with Crippen LogP contribution in [-0.2, 0) is 0 Å². The molecule has 28 heavy (non-hydrogen) atoms. The molecule has 0 bridgehead atoms. The number of piperazine rings is 1. The molecule has 4 rings (SSSR count). The number of rotatable bonds is 3. The fourth-order valence-electron chi connectivity index (χ4n) is 3.78. The summed E-state index contributed by atoms with van der Waals surface area (Å²) in [6.07, 6.45) is 3.60. The lowest BCUT2D eigenvalue weighted by molar-refractivity contribution is 0.643. The van der Waals surface area contributed by atoms with Gasteiger partial charge >= 0.3 is 0 Å². The standard InChI is InChI=1S/C23H27N5/c1-16-7-5-9-21(17(16)2)27-11-13-28(14-12-27)23-18(3)19(4)25-22(26-23)20-8-6-10-24-15-20/h5-10,15H,11-14H2,1-4H3. The molecule has 3 aromatic rings. The summed E-state index contributed by atoms with van der Waals surface area (Å²) in [6.45, 7) is 12.5. The van der Waals surface area contributed by atoms with E-state index in [4.69, 9.17) is 9.97 Å². The van der Waals surface area contributed by atoms with Crippen LogP contribution in [0.5, 0.6) is 0 Å². The molecule has 0 aliphatic carbocycles. The van der Waals surface area contributed by atoms with E-state index in [-0.39, 0.29) is 0 Å². The van der Waals surface area contributed by atoms with Gasteiger partial charge in [0.25, 0.3) is 0 Å². The maximum absolute atomic E-state index is 4.91. The Labute approximate surface area is 167 Å². The minimum absolute atomic E-state index is 0.753. The Morgan fingerprint density at radius 1 is 0.786 bits per heavy atom. The first-order valence-electron chi connectivity index (χ1n) is 9.86. The van der Waals surface area contributed by atoms with Crippen molar-refractivity contribution < 1.29 is 0 Å². The highest BCUT2D eigenvalue weighted by Crippen LogP contribution is 2.28. The van der Waals surface area contributed by atoms with Gasteiger partial charge in [0, 0.05) is 61.1 Å². The van der Waals surface area contributed by atoms with Crippen molar-refractivity contribution in [1.29, 1.82) is 0 Å². The normalized spacial score (nSPS) is 14.4. The third-order valence-corrected chi connectivity index (χ3v) is 5.78. The summed E-state index contributed by atoms with van der Waals surface area (Å²) in [5.41, 5.74) is 7.23. The van der Waals surface area contributed by atoms with Crippen LogP contribution < -0.4 is 9.80 Å². The van der Waals surface area contributed by atoms with E-state index in [1.807, 2.05) is 18.3 Å². The molecule has 144 valence electrons. The third kappa shape index (κ3) is 3.44. The van der Waals surface area contributed by atoms with Crippen LogP contribution in [0.3, 0.4) is 0 Å². The predicted octanol–water partition coefficient (Wildman–Crippen LogP) is 4.10. The number of aryl methyl sites for hydroxylation is 2. The van der Waals surface area contributed by atoms with Crippen molar-refractivity contribution in [1.82, 2.24) is 15.0 Å². The zero-order valence-electron chi connectivity index (χ0n) is 17.1. The lowest BCUT2D eigenvalue weighted by Crippen LogP contribution is -2.47. The van der Waals surface area contributed by atoms with Gasteiger partial charge in [0.15, 0.2) is 5.82 Å². The molecular weight excluding hydrogens is 346 g/mol. The first-order valence-corrected chi connectivity index (χ1v) is 9.86. The van der Waals surface area contributed by atoms with Gasteiger partial charge in [-0.15, -0.1) is 0 Å². The van der Waals surface area contributed by atoms with Gasteiger partial charge in [-0.05, 0) is 57.0 Å². The van der Waals surface area contributed by atoms with Crippen LogP contribution in [-0.4, -0.2) is 41.1 Å². The SMILES string of the molecule is Cc1cccc(N2CCN(c3nc(-c4cccnc4)nc(C)c3C)CC2)c1C. The molecule has 1 fully saturated rings. The van der Waals surface area contributed by atoms with Gasteiger partial charge in [-0.1, -0.05) is 12.1 Å².